The van der Waals surface area contributed by atoms with Crippen LogP contribution < -0.4 is 14.8 Å². The summed E-state index contributed by atoms with van der Waals surface area (Å²) in [4.78, 5) is 11.8. The van der Waals surface area contributed by atoms with Crippen molar-refractivity contribution in [2.45, 2.75) is 32.7 Å². The fraction of sp³-hybridized carbons (Fsp3) is 0.333. The lowest BCUT2D eigenvalue weighted by Gasteiger charge is -2.19. The van der Waals surface area contributed by atoms with E-state index >= 15 is 0 Å². The van der Waals surface area contributed by atoms with Crippen molar-refractivity contribution in [3.8, 4) is 17.6 Å². The van der Waals surface area contributed by atoms with Crippen molar-refractivity contribution >= 4 is 11.7 Å². The van der Waals surface area contributed by atoms with E-state index in [2.05, 4.69) is 5.32 Å². The average Bonchev–Trinajstić information content (AvgIpc) is 2.69. The van der Waals surface area contributed by atoms with Gasteiger partial charge in [0, 0.05) is 5.69 Å². The number of nitriles is 1. The molecule has 0 saturated heterocycles. The molecule has 0 aliphatic carbocycles. The monoisotopic (exact) mass is 368 g/mol. The zero-order valence-corrected chi connectivity index (χ0v) is 15.6. The Morgan fingerprint density at radius 3 is 2.26 bits per heavy atom. The molecule has 0 aliphatic rings. The fourth-order valence-corrected chi connectivity index (χ4v) is 2.46. The van der Waals surface area contributed by atoms with Crippen molar-refractivity contribution in [2.75, 3.05) is 18.5 Å². The number of aliphatic carboxylic acids is 1. The molecule has 6 nitrogen and oxygen atoms in total. The van der Waals surface area contributed by atoms with Gasteiger partial charge in [-0.15, -0.1) is 0 Å². The van der Waals surface area contributed by atoms with Gasteiger partial charge >= 0.3 is 5.97 Å². The van der Waals surface area contributed by atoms with Crippen LogP contribution in [0, 0.1) is 11.3 Å². The molecule has 1 atom stereocenters. The molecule has 0 aliphatic heterocycles. The van der Waals surface area contributed by atoms with Gasteiger partial charge in [-0.3, -0.25) is 0 Å². The van der Waals surface area contributed by atoms with E-state index in [4.69, 9.17) is 14.7 Å². The molecular weight excluding hydrogens is 344 g/mol. The zero-order chi connectivity index (χ0) is 19.6. The molecular formula is C21H24N2O4. The Kier molecular flexibility index (Phi) is 7.50. The summed E-state index contributed by atoms with van der Waals surface area (Å²) in [5.41, 5.74) is 1.69. The molecule has 2 N–H and O–H groups in total. The molecule has 2 aromatic carbocycles. The van der Waals surface area contributed by atoms with Crippen LogP contribution in [-0.4, -0.2) is 24.3 Å². The maximum atomic E-state index is 11.8. The number of ether oxygens (including phenoxy) is 2. The smallest absolute Gasteiger partial charge is 0.330 e. The summed E-state index contributed by atoms with van der Waals surface area (Å²) in [7, 11) is 0. The third-order valence-corrected chi connectivity index (χ3v) is 3.80. The van der Waals surface area contributed by atoms with Gasteiger partial charge in [0.25, 0.3) is 0 Å². The van der Waals surface area contributed by atoms with Gasteiger partial charge in [0.1, 0.15) is 0 Å². The van der Waals surface area contributed by atoms with Crippen LogP contribution in [0.1, 0.15) is 43.9 Å². The van der Waals surface area contributed by atoms with E-state index in [1.165, 1.54) is 0 Å². The molecule has 0 saturated carbocycles. The van der Waals surface area contributed by atoms with E-state index in [0.29, 0.717) is 41.5 Å². The Labute approximate surface area is 159 Å². The van der Waals surface area contributed by atoms with Crippen molar-refractivity contribution in [1.29, 1.82) is 5.26 Å². The lowest BCUT2D eigenvalue weighted by Crippen LogP contribution is -2.20. The van der Waals surface area contributed by atoms with Crippen LogP contribution in [0.4, 0.5) is 5.69 Å². The summed E-state index contributed by atoms with van der Waals surface area (Å²) in [6.45, 7) is 5.10. The predicted molar refractivity (Wildman–Crippen MR) is 103 cm³/mol. The first-order valence-corrected chi connectivity index (χ1v) is 8.98. The van der Waals surface area contributed by atoms with E-state index in [1.807, 2.05) is 19.9 Å². The maximum absolute atomic E-state index is 11.8. The molecule has 0 spiro atoms. The van der Waals surface area contributed by atoms with Crippen LogP contribution >= 0.6 is 0 Å². The molecule has 0 aromatic heterocycles. The minimum absolute atomic E-state index is 0.514. The lowest BCUT2D eigenvalue weighted by atomic mass is 10.1. The molecule has 2 aromatic rings. The van der Waals surface area contributed by atoms with Crippen molar-refractivity contribution in [2.24, 2.45) is 0 Å². The van der Waals surface area contributed by atoms with Gasteiger partial charge < -0.3 is 19.9 Å². The Hall–Kier alpha value is -3.20. The molecule has 6 heteroatoms. The number of anilines is 1. The number of carboxylic acids is 1. The van der Waals surface area contributed by atoms with Crippen LogP contribution in [0.25, 0.3) is 0 Å². The van der Waals surface area contributed by atoms with Crippen molar-refractivity contribution in [3.05, 3.63) is 53.6 Å². The van der Waals surface area contributed by atoms with Crippen LogP contribution in [0.2, 0.25) is 0 Å². The van der Waals surface area contributed by atoms with Crippen LogP contribution in [0.15, 0.2) is 42.5 Å². The summed E-state index contributed by atoms with van der Waals surface area (Å²) in [6.07, 6.45) is 1.70. The second-order valence-corrected chi connectivity index (χ2v) is 6.01. The van der Waals surface area contributed by atoms with Gasteiger partial charge in [0.2, 0.25) is 0 Å². The van der Waals surface area contributed by atoms with Crippen LogP contribution in [0.3, 0.4) is 0 Å². The molecule has 0 fully saturated rings. The Morgan fingerprint density at radius 2 is 1.70 bits per heavy atom. The first-order valence-electron chi connectivity index (χ1n) is 8.98. The zero-order valence-electron chi connectivity index (χ0n) is 15.6. The number of nitrogens with one attached hydrogen (secondary N) is 1. The summed E-state index contributed by atoms with van der Waals surface area (Å²) >= 11 is 0. The Bertz CT molecular complexity index is 797. The molecule has 0 bridgehead atoms. The predicted octanol–water partition coefficient (Wildman–Crippen LogP) is 4.37. The quantitative estimate of drug-likeness (QED) is 0.647. The highest BCUT2D eigenvalue weighted by Gasteiger charge is 2.21. The highest BCUT2D eigenvalue weighted by atomic mass is 16.5. The number of benzene rings is 2. The van der Waals surface area contributed by atoms with E-state index in [1.54, 1.807) is 42.5 Å². The fourth-order valence-electron chi connectivity index (χ4n) is 2.46. The third kappa shape index (κ3) is 5.65. The van der Waals surface area contributed by atoms with Gasteiger partial charge in [-0.2, -0.15) is 5.26 Å². The lowest BCUT2D eigenvalue weighted by molar-refractivity contribution is -0.138. The standard InChI is InChI=1S/C21H24N2O4/c1-3-11-26-18-10-7-16(13-19(18)27-12-4-2)20(21(24)25)23-17-8-5-15(14-22)6-9-17/h5-10,13,20,23H,3-4,11-12H2,1-2H3,(H,24,25). The van der Waals surface area contributed by atoms with Gasteiger partial charge in [-0.25, -0.2) is 4.79 Å². The molecule has 27 heavy (non-hydrogen) atoms. The van der Waals surface area contributed by atoms with E-state index in [0.717, 1.165) is 12.8 Å². The molecule has 0 radical (unpaired) electrons. The van der Waals surface area contributed by atoms with Gasteiger partial charge in [0.05, 0.1) is 24.8 Å². The van der Waals surface area contributed by atoms with Gasteiger partial charge in [0.15, 0.2) is 17.5 Å². The van der Waals surface area contributed by atoms with E-state index in [9.17, 15) is 9.90 Å². The summed E-state index contributed by atoms with van der Waals surface area (Å²) < 4.78 is 11.5. The first kappa shape index (κ1) is 20.1. The summed E-state index contributed by atoms with van der Waals surface area (Å²) in [5, 5.41) is 21.5. The highest BCUT2D eigenvalue weighted by molar-refractivity contribution is 5.79. The minimum atomic E-state index is -1.01. The number of rotatable bonds is 10. The second kappa shape index (κ2) is 10.1. The molecule has 0 heterocycles. The summed E-state index contributed by atoms with van der Waals surface area (Å²) in [5.74, 6) is 0.135. The normalized spacial score (nSPS) is 11.3. The van der Waals surface area contributed by atoms with Crippen LogP contribution in [-0.2, 0) is 4.79 Å². The van der Waals surface area contributed by atoms with Gasteiger partial charge in [-0.05, 0) is 54.8 Å². The number of carbonyl (C=O) groups is 1. The van der Waals surface area contributed by atoms with Gasteiger partial charge in [-0.1, -0.05) is 19.9 Å². The van der Waals surface area contributed by atoms with Crippen molar-refractivity contribution in [3.63, 3.8) is 0 Å². The number of hydrogen-bond donors (Lipinski definition) is 2. The molecule has 1 unspecified atom stereocenters. The summed E-state index contributed by atoms with van der Waals surface area (Å²) in [6, 6.07) is 12.9. The Morgan fingerprint density at radius 1 is 1.07 bits per heavy atom. The van der Waals surface area contributed by atoms with E-state index < -0.39 is 12.0 Å². The van der Waals surface area contributed by atoms with E-state index in [-0.39, 0.29) is 0 Å². The molecule has 142 valence electrons. The van der Waals surface area contributed by atoms with Crippen LogP contribution in [0.5, 0.6) is 11.5 Å². The number of nitrogens with zero attached hydrogens (tertiary/aromatic N) is 1. The average molecular weight is 368 g/mol. The second-order valence-electron chi connectivity index (χ2n) is 6.01. The number of carboxylic acid groups (broad SMARTS) is 1. The Balaban J connectivity index is 2.28. The van der Waals surface area contributed by atoms with Crippen molar-refractivity contribution < 1.29 is 19.4 Å². The highest BCUT2D eigenvalue weighted by Crippen LogP contribution is 2.32. The number of hydrogen-bond acceptors (Lipinski definition) is 5. The maximum Gasteiger partial charge on any atom is 0.330 e. The van der Waals surface area contributed by atoms with Crippen molar-refractivity contribution in [1.82, 2.24) is 0 Å². The minimum Gasteiger partial charge on any atom is -0.490 e. The largest absolute Gasteiger partial charge is 0.490 e. The molecule has 2 rings (SSSR count). The molecule has 0 amide bonds. The third-order valence-electron chi connectivity index (χ3n) is 3.80. The topological polar surface area (TPSA) is 91.6 Å². The first-order chi connectivity index (χ1) is 13.1. The SMILES string of the molecule is CCCOc1ccc(C(Nc2ccc(C#N)cc2)C(=O)O)cc1OCCC.